The molecule has 28 heavy (non-hydrogen) atoms. The van der Waals surface area contributed by atoms with E-state index < -0.39 is 41.8 Å². The van der Waals surface area contributed by atoms with Crippen LogP contribution in [-0.2, 0) is 24.0 Å². The number of thiazole rings is 1. The van der Waals surface area contributed by atoms with E-state index >= 15 is 0 Å². The highest BCUT2D eigenvalue weighted by Gasteiger charge is 2.53. The molecule has 0 aromatic carbocycles. The number of carboxylic acid groups (broad SMARTS) is 2. The van der Waals surface area contributed by atoms with Crippen LogP contribution in [0.3, 0.4) is 0 Å². The van der Waals surface area contributed by atoms with Crippen molar-refractivity contribution in [2.75, 3.05) is 18.1 Å². The van der Waals surface area contributed by atoms with Crippen molar-refractivity contribution >= 4 is 57.7 Å². The van der Waals surface area contributed by atoms with Crippen LogP contribution in [0.1, 0.15) is 5.69 Å². The van der Waals surface area contributed by atoms with Gasteiger partial charge in [0, 0.05) is 11.1 Å². The number of carboxylic acids is 2. The number of rotatable bonds is 7. The lowest BCUT2D eigenvalue weighted by Crippen LogP contribution is -2.70. The summed E-state index contributed by atoms with van der Waals surface area (Å²) in [6.45, 7) is -0.780. The van der Waals surface area contributed by atoms with Crippen molar-refractivity contribution in [3.8, 4) is 0 Å². The molecule has 0 spiro atoms. The number of amides is 2. The number of carbonyl (C=O) groups is 4. The highest BCUT2D eigenvalue weighted by molar-refractivity contribution is 8.00. The molecule has 0 aliphatic carbocycles. The smallest absolute Gasteiger partial charge is 0.352 e. The van der Waals surface area contributed by atoms with Crippen LogP contribution in [0.5, 0.6) is 0 Å². The van der Waals surface area contributed by atoms with Gasteiger partial charge in [0.15, 0.2) is 10.8 Å². The summed E-state index contributed by atoms with van der Waals surface area (Å²) in [6, 6.07) is -0.971. The summed E-state index contributed by atoms with van der Waals surface area (Å²) in [4.78, 5) is 56.4. The second-order valence-corrected chi connectivity index (χ2v) is 7.50. The summed E-state index contributed by atoms with van der Waals surface area (Å²) < 4.78 is 0. The van der Waals surface area contributed by atoms with Gasteiger partial charge in [0.25, 0.3) is 11.8 Å². The van der Waals surface area contributed by atoms with E-state index in [9.17, 15) is 19.2 Å². The summed E-state index contributed by atoms with van der Waals surface area (Å²) in [6.07, 6.45) is 1.42. The van der Waals surface area contributed by atoms with Crippen LogP contribution >= 0.6 is 23.1 Å². The largest absolute Gasteiger partial charge is 0.479 e. The molecule has 1 saturated heterocycles. The summed E-state index contributed by atoms with van der Waals surface area (Å²) in [5, 5.41) is 24.8. The molecule has 3 rings (SSSR count). The molecule has 0 saturated carbocycles. The number of nitrogens with zero attached hydrogens (tertiary/aromatic N) is 3. The SMILES string of the molecule is Nc1nc(C(=NOCC(=O)O)C(=O)NC2C(=O)N3C(C(=O)O)=CCS[C@@H]23)cs1. The fourth-order valence-electron chi connectivity index (χ4n) is 2.50. The zero-order valence-electron chi connectivity index (χ0n) is 13.9. The zero-order chi connectivity index (χ0) is 20.4. The molecule has 2 atom stereocenters. The van der Waals surface area contributed by atoms with Crippen molar-refractivity contribution in [2.45, 2.75) is 11.4 Å². The molecule has 5 N–H and O–H groups in total. The lowest BCUT2D eigenvalue weighted by atomic mass is 10.0. The third kappa shape index (κ3) is 3.77. The third-order valence-corrected chi connectivity index (χ3v) is 5.53. The molecule has 14 heteroatoms. The molecule has 1 aromatic heterocycles. The van der Waals surface area contributed by atoms with Gasteiger partial charge >= 0.3 is 11.9 Å². The van der Waals surface area contributed by atoms with Crippen molar-refractivity contribution < 1.29 is 34.2 Å². The Hall–Kier alpha value is -3.13. The van der Waals surface area contributed by atoms with Crippen molar-refractivity contribution in [3.63, 3.8) is 0 Å². The second-order valence-electron chi connectivity index (χ2n) is 5.46. The number of aliphatic carboxylic acids is 2. The number of aromatic nitrogens is 1. The molecule has 12 nitrogen and oxygen atoms in total. The molecule has 1 aromatic rings. The van der Waals surface area contributed by atoms with E-state index in [2.05, 4.69) is 20.3 Å². The maximum Gasteiger partial charge on any atom is 0.352 e. The Kier molecular flexibility index (Phi) is 5.51. The number of nitrogens with one attached hydrogen (secondary N) is 1. The topological polar surface area (TPSA) is 185 Å². The molecule has 1 fully saturated rings. The van der Waals surface area contributed by atoms with Crippen LogP contribution in [0.2, 0.25) is 0 Å². The standard InChI is InChI=1S/C14H13N5O7S2/c15-14-16-5(4-28-14)8(18-26-3-7(20)21)10(22)17-9-11(23)19-6(13(24)25)1-2-27-12(9)19/h1,4,9,12H,2-3H2,(H2,15,16)(H,17,22)(H,20,21)(H,24,25)/t9?,12-/m0/s1. The van der Waals surface area contributed by atoms with Crippen LogP contribution < -0.4 is 11.1 Å². The summed E-state index contributed by atoms with van der Waals surface area (Å²) in [5.41, 5.74) is 5.11. The van der Waals surface area contributed by atoms with E-state index in [-0.39, 0.29) is 22.2 Å². The van der Waals surface area contributed by atoms with Crippen LogP contribution in [0.15, 0.2) is 22.3 Å². The van der Waals surface area contributed by atoms with Gasteiger partial charge in [-0.3, -0.25) is 14.5 Å². The number of nitrogen functional groups attached to an aromatic ring is 1. The molecule has 2 aliphatic heterocycles. The molecule has 1 unspecified atom stereocenters. The zero-order valence-corrected chi connectivity index (χ0v) is 15.5. The molecule has 3 heterocycles. The summed E-state index contributed by atoms with van der Waals surface area (Å²) >= 11 is 2.32. The first-order chi connectivity index (χ1) is 13.3. The van der Waals surface area contributed by atoms with E-state index in [1.54, 1.807) is 0 Å². The minimum absolute atomic E-state index is 0.0523. The summed E-state index contributed by atoms with van der Waals surface area (Å²) in [5.74, 6) is -3.57. The van der Waals surface area contributed by atoms with Gasteiger partial charge in [0.05, 0.1) is 0 Å². The van der Waals surface area contributed by atoms with E-state index in [0.717, 1.165) is 16.2 Å². The average molecular weight is 427 g/mol. The van der Waals surface area contributed by atoms with E-state index in [0.29, 0.717) is 5.75 Å². The Morgan fingerprint density at radius 2 is 2.18 bits per heavy atom. The third-order valence-electron chi connectivity index (χ3n) is 3.68. The predicted octanol–water partition coefficient (Wildman–Crippen LogP) is -1.10. The normalized spacial score (nSPS) is 21.3. The minimum atomic E-state index is -1.29. The lowest BCUT2D eigenvalue weighted by Gasteiger charge is -2.48. The Morgan fingerprint density at radius 1 is 1.43 bits per heavy atom. The van der Waals surface area contributed by atoms with Gasteiger partial charge in [-0.1, -0.05) is 5.16 Å². The van der Waals surface area contributed by atoms with Crippen LogP contribution in [0, 0.1) is 0 Å². The Morgan fingerprint density at radius 3 is 2.79 bits per heavy atom. The molecule has 0 radical (unpaired) electrons. The number of nitrogens with two attached hydrogens (primary N) is 1. The quantitative estimate of drug-likeness (QED) is 0.236. The van der Waals surface area contributed by atoms with Gasteiger partial charge < -0.3 is 26.1 Å². The number of oxime groups is 1. The van der Waals surface area contributed by atoms with E-state index in [1.807, 2.05) is 0 Å². The highest BCUT2D eigenvalue weighted by Crippen LogP contribution is 2.37. The first kappa shape index (κ1) is 19.6. The number of carbonyl (C=O) groups excluding carboxylic acids is 2. The number of β-lactam (4-membered cyclic amide) rings is 1. The highest BCUT2D eigenvalue weighted by atomic mass is 32.2. The van der Waals surface area contributed by atoms with Crippen molar-refractivity contribution in [1.82, 2.24) is 15.2 Å². The fraction of sp³-hybridized carbons (Fsp3) is 0.286. The van der Waals surface area contributed by atoms with E-state index in [1.165, 1.54) is 23.2 Å². The van der Waals surface area contributed by atoms with Gasteiger partial charge in [-0.05, 0) is 6.08 Å². The number of fused-ring (bicyclic) bond motifs is 1. The van der Waals surface area contributed by atoms with Gasteiger partial charge in [-0.2, -0.15) is 0 Å². The van der Waals surface area contributed by atoms with Gasteiger partial charge in [0.2, 0.25) is 6.61 Å². The van der Waals surface area contributed by atoms with Gasteiger partial charge in [-0.15, -0.1) is 23.1 Å². The van der Waals surface area contributed by atoms with Gasteiger partial charge in [-0.25, -0.2) is 14.6 Å². The number of anilines is 1. The van der Waals surface area contributed by atoms with Gasteiger partial charge in [0.1, 0.15) is 22.8 Å². The first-order valence-electron chi connectivity index (χ1n) is 7.61. The molecule has 2 aliphatic rings. The number of thioether (sulfide) groups is 1. The number of hydrogen-bond acceptors (Lipinski definition) is 10. The van der Waals surface area contributed by atoms with Crippen molar-refractivity contribution in [3.05, 3.63) is 22.8 Å². The first-order valence-corrected chi connectivity index (χ1v) is 9.54. The van der Waals surface area contributed by atoms with Crippen molar-refractivity contribution in [1.29, 1.82) is 0 Å². The molecule has 148 valence electrons. The van der Waals surface area contributed by atoms with Crippen LogP contribution in [0.4, 0.5) is 5.13 Å². The predicted molar refractivity (Wildman–Crippen MR) is 97.4 cm³/mol. The van der Waals surface area contributed by atoms with Crippen molar-refractivity contribution in [2.24, 2.45) is 5.16 Å². The molecule has 2 amide bonds. The maximum atomic E-state index is 12.6. The van der Waals surface area contributed by atoms with Crippen LogP contribution in [-0.4, -0.2) is 73.3 Å². The Bertz CT molecular complexity index is 912. The second kappa shape index (κ2) is 7.85. The Balaban J connectivity index is 1.76. The molecular formula is C14H13N5O7S2. The van der Waals surface area contributed by atoms with E-state index in [4.69, 9.17) is 15.9 Å². The summed E-state index contributed by atoms with van der Waals surface area (Å²) in [7, 11) is 0. The molecular weight excluding hydrogens is 414 g/mol. The Labute approximate surface area is 165 Å². The van der Waals surface area contributed by atoms with Crippen LogP contribution in [0.25, 0.3) is 0 Å². The average Bonchev–Trinajstić information content (AvgIpc) is 3.07. The fourth-order valence-corrected chi connectivity index (χ4v) is 4.24. The lowest BCUT2D eigenvalue weighted by molar-refractivity contribution is -0.150. The minimum Gasteiger partial charge on any atom is -0.479 e. The maximum absolute atomic E-state index is 12.6. The number of hydrogen-bond donors (Lipinski definition) is 4. The monoisotopic (exact) mass is 427 g/mol. The molecule has 0 bridgehead atoms.